The number of thioether (sulfide) groups is 1. The Hall–Kier alpha value is -0.980. The van der Waals surface area contributed by atoms with Gasteiger partial charge in [-0.25, -0.2) is 4.98 Å². The van der Waals surface area contributed by atoms with Gasteiger partial charge in [0.25, 0.3) is 0 Å². The van der Waals surface area contributed by atoms with E-state index >= 15 is 0 Å². The number of carbonyl (C=O) groups excluding carboxylic acids is 2. The maximum absolute atomic E-state index is 11.9. The number of anilines is 1. The van der Waals surface area contributed by atoms with E-state index in [1.54, 1.807) is 13.8 Å². The van der Waals surface area contributed by atoms with E-state index in [9.17, 15) is 9.59 Å². The Morgan fingerprint density at radius 3 is 2.80 bits per heavy atom. The molecule has 0 aromatic carbocycles. The van der Waals surface area contributed by atoms with E-state index in [1.807, 2.05) is 0 Å². The highest BCUT2D eigenvalue weighted by molar-refractivity contribution is 8.01. The lowest BCUT2D eigenvalue weighted by Gasteiger charge is -2.12. The van der Waals surface area contributed by atoms with Crippen molar-refractivity contribution in [2.45, 2.75) is 19.1 Å². The Balaban J connectivity index is 2.51. The van der Waals surface area contributed by atoms with Gasteiger partial charge in [0.15, 0.2) is 5.82 Å². The first-order valence-electron chi connectivity index (χ1n) is 5.83. The number of ether oxygens (including phenoxy) is 1. The molecule has 0 spiro atoms. The Morgan fingerprint density at radius 2 is 2.20 bits per heavy atom. The molecule has 1 aromatic heterocycles. The molecule has 0 saturated carbocycles. The molecule has 0 radical (unpaired) electrons. The Labute approximate surface area is 131 Å². The van der Waals surface area contributed by atoms with Crippen LogP contribution < -0.4 is 5.32 Å². The largest absolute Gasteiger partial charge is 0.465 e. The summed E-state index contributed by atoms with van der Waals surface area (Å²) in [5.74, 6) is -0.287. The molecule has 0 fully saturated rings. The van der Waals surface area contributed by atoms with E-state index in [4.69, 9.17) is 27.9 Å². The highest BCUT2D eigenvalue weighted by Crippen LogP contribution is 2.23. The number of hydrogen-bond acceptors (Lipinski definition) is 5. The number of halogens is 2. The van der Waals surface area contributed by atoms with Crippen LogP contribution in [-0.4, -0.2) is 34.5 Å². The zero-order valence-corrected chi connectivity index (χ0v) is 13.3. The van der Waals surface area contributed by atoms with Crippen molar-refractivity contribution >= 4 is 52.7 Å². The van der Waals surface area contributed by atoms with Gasteiger partial charge < -0.3 is 10.1 Å². The second-order valence-corrected chi connectivity index (χ2v) is 5.90. The van der Waals surface area contributed by atoms with Crippen LogP contribution in [0.3, 0.4) is 0 Å². The number of rotatable bonds is 6. The summed E-state index contributed by atoms with van der Waals surface area (Å²) in [6.45, 7) is 3.74. The molecule has 0 aliphatic heterocycles. The fourth-order valence-electron chi connectivity index (χ4n) is 1.20. The molecule has 1 rings (SSSR count). The molecule has 1 atom stereocenters. The molecule has 5 nitrogen and oxygen atoms in total. The first kappa shape index (κ1) is 17.1. The van der Waals surface area contributed by atoms with Gasteiger partial charge >= 0.3 is 5.97 Å². The maximum Gasteiger partial charge on any atom is 0.315 e. The summed E-state index contributed by atoms with van der Waals surface area (Å²) < 4.78 is 4.78. The van der Waals surface area contributed by atoms with Gasteiger partial charge in [-0.3, -0.25) is 9.59 Å². The van der Waals surface area contributed by atoms with E-state index in [0.717, 1.165) is 0 Å². The molecule has 1 N–H and O–H groups in total. The Morgan fingerprint density at radius 1 is 1.50 bits per heavy atom. The third kappa shape index (κ3) is 5.56. The van der Waals surface area contributed by atoms with Crippen molar-refractivity contribution in [3.05, 3.63) is 22.3 Å². The molecule has 0 saturated heterocycles. The lowest BCUT2D eigenvalue weighted by atomic mass is 10.4. The minimum Gasteiger partial charge on any atom is -0.465 e. The highest BCUT2D eigenvalue weighted by Gasteiger charge is 2.17. The number of hydrogen-bond donors (Lipinski definition) is 1. The van der Waals surface area contributed by atoms with Gasteiger partial charge in [-0.15, -0.1) is 11.8 Å². The second-order valence-electron chi connectivity index (χ2n) is 3.73. The second kappa shape index (κ2) is 8.34. The van der Waals surface area contributed by atoms with Crippen molar-refractivity contribution in [2.24, 2.45) is 0 Å². The van der Waals surface area contributed by atoms with Crippen LogP contribution in [0, 0.1) is 0 Å². The van der Waals surface area contributed by atoms with Crippen molar-refractivity contribution in [2.75, 3.05) is 17.7 Å². The number of aromatic nitrogens is 1. The van der Waals surface area contributed by atoms with Crippen LogP contribution >= 0.6 is 35.0 Å². The smallest absolute Gasteiger partial charge is 0.315 e. The van der Waals surface area contributed by atoms with Crippen LogP contribution in [0.5, 0.6) is 0 Å². The summed E-state index contributed by atoms with van der Waals surface area (Å²) in [5, 5.41) is 2.79. The van der Waals surface area contributed by atoms with Crippen LogP contribution in [-0.2, 0) is 14.3 Å². The standard InChI is InChI=1S/C12H14Cl2N2O3S/c1-3-19-10(17)6-20-7(2)12(18)16-11-9(14)4-8(13)5-15-11/h4-5,7H,3,6H2,1-2H3,(H,15,16,18). The monoisotopic (exact) mass is 336 g/mol. The van der Waals surface area contributed by atoms with Crippen LogP contribution in [0.2, 0.25) is 10.0 Å². The predicted molar refractivity (Wildman–Crippen MR) is 81.4 cm³/mol. The van der Waals surface area contributed by atoms with Gasteiger partial charge in [0.2, 0.25) is 5.91 Å². The Bertz CT molecular complexity index is 500. The van der Waals surface area contributed by atoms with Gasteiger partial charge in [-0.1, -0.05) is 23.2 Å². The third-order valence-corrected chi connectivity index (χ3v) is 3.79. The molecular weight excluding hydrogens is 323 g/mol. The molecule has 1 heterocycles. The van der Waals surface area contributed by atoms with Gasteiger partial charge in [0.1, 0.15) is 0 Å². The zero-order chi connectivity index (χ0) is 15.1. The number of nitrogens with one attached hydrogen (secondary N) is 1. The quantitative estimate of drug-likeness (QED) is 0.808. The van der Waals surface area contributed by atoms with E-state index in [0.29, 0.717) is 11.6 Å². The van der Waals surface area contributed by atoms with Crippen LogP contribution in [0.4, 0.5) is 5.82 Å². The average molecular weight is 337 g/mol. The van der Waals surface area contributed by atoms with E-state index in [1.165, 1.54) is 24.0 Å². The molecular formula is C12H14Cl2N2O3S. The molecule has 0 bridgehead atoms. The fourth-order valence-corrected chi connectivity index (χ4v) is 2.30. The van der Waals surface area contributed by atoms with E-state index < -0.39 is 5.25 Å². The molecule has 0 aliphatic rings. The summed E-state index contributed by atoms with van der Waals surface area (Å²) in [5.41, 5.74) is 0. The van der Waals surface area contributed by atoms with Crippen molar-refractivity contribution in [1.29, 1.82) is 0 Å². The van der Waals surface area contributed by atoms with Crippen LogP contribution in [0.1, 0.15) is 13.8 Å². The van der Waals surface area contributed by atoms with Gasteiger partial charge in [0.05, 0.1) is 27.7 Å². The first-order valence-corrected chi connectivity index (χ1v) is 7.63. The van der Waals surface area contributed by atoms with E-state index in [2.05, 4.69) is 10.3 Å². The van der Waals surface area contributed by atoms with Crippen molar-refractivity contribution in [3.8, 4) is 0 Å². The summed E-state index contributed by atoms with van der Waals surface area (Å²) in [6.07, 6.45) is 1.39. The Kier molecular flexibility index (Phi) is 7.12. The third-order valence-electron chi connectivity index (χ3n) is 2.18. The zero-order valence-electron chi connectivity index (χ0n) is 11.0. The predicted octanol–water partition coefficient (Wildman–Crippen LogP) is 3.01. The minimum atomic E-state index is -0.437. The maximum atomic E-state index is 11.9. The van der Waals surface area contributed by atoms with Crippen molar-refractivity contribution in [3.63, 3.8) is 0 Å². The summed E-state index contributed by atoms with van der Waals surface area (Å²) in [4.78, 5) is 27.0. The fraction of sp³-hybridized carbons (Fsp3) is 0.417. The van der Waals surface area contributed by atoms with Crippen molar-refractivity contribution in [1.82, 2.24) is 4.98 Å². The summed E-state index contributed by atoms with van der Waals surface area (Å²) in [6, 6.07) is 1.49. The molecule has 0 aliphatic carbocycles. The number of amides is 1. The normalized spacial score (nSPS) is 11.8. The highest BCUT2D eigenvalue weighted by atomic mass is 35.5. The van der Waals surface area contributed by atoms with Crippen LogP contribution in [0.25, 0.3) is 0 Å². The first-order chi connectivity index (χ1) is 9.43. The van der Waals surface area contributed by atoms with Crippen LogP contribution in [0.15, 0.2) is 12.3 Å². The molecule has 1 amide bonds. The van der Waals surface area contributed by atoms with Crippen molar-refractivity contribution < 1.29 is 14.3 Å². The number of carbonyl (C=O) groups is 2. The molecule has 1 unspecified atom stereocenters. The molecule has 20 heavy (non-hydrogen) atoms. The lowest BCUT2D eigenvalue weighted by Crippen LogP contribution is -2.24. The summed E-state index contributed by atoms with van der Waals surface area (Å²) in [7, 11) is 0. The molecule has 8 heteroatoms. The number of pyridine rings is 1. The van der Waals surface area contributed by atoms with E-state index in [-0.39, 0.29) is 28.5 Å². The topological polar surface area (TPSA) is 68.3 Å². The van der Waals surface area contributed by atoms with Gasteiger partial charge in [-0.05, 0) is 19.9 Å². The summed E-state index contributed by atoms with van der Waals surface area (Å²) >= 11 is 12.8. The average Bonchev–Trinajstić information content (AvgIpc) is 2.39. The number of nitrogens with zero attached hydrogens (tertiary/aromatic N) is 1. The molecule has 1 aromatic rings. The minimum absolute atomic E-state index is 0.115. The van der Waals surface area contributed by atoms with Gasteiger partial charge in [0, 0.05) is 6.20 Å². The SMILES string of the molecule is CCOC(=O)CSC(C)C(=O)Nc1ncc(Cl)cc1Cl. The lowest BCUT2D eigenvalue weighted by molar-refractivity contribution is -0.139. The number of esters is 1. The molecule has 110 valence electrons. The van der Waals surface area contributed by atoms with Gasteiger partial charge in [-0.2, -0.15) is 0 Å².